The van der Waals surface area contributed by atoms with Crippen molar-refractivity contribution in [1.82, 2.24) is 14.9 Å². The van der Waals surface area contributed by atoms with E-state index in [0.717, 1.165) is 25.3 Å². The maximum Gasteiger partial charge on any atom is 0.289 e. The van der Waals surface area contributed by atoms with E-state index in [2.05, 4.69) is 14.9 Å². The van der Waals surface area contributed by atoms with Crippen molar-refractivity contribution in [3.8, 4) is 5.88 Å². The maximum atomic E-state index is 12.3. The van der Waals surface area contributed by atoms with Crippen LogP contribution in [0.4, 0.5) is 5.82 Å². The zero-order valence-electron chi connectivity index (χ0n) is 13.8. The molecule has 0 radical (unpaired) electrons. The molecule has 0 bridgehead atoms. The van der Waals surface area contributed by atoms with Gasteiger partial charge >= 0.3 is 0 Å². The number of rotatable bonds is 4. The number of nitrogens with zero attached hydrogens (tertiary/aromatic N) is 4. The smallest absolute Gasteiger partial charge is 0.289 e. The van der Waals surface area contributed by atoms with E-state index >= 15 is 0 Å². The molecule has 4 heterocycles. The fraction of sp³-hybridized carbons (Fsp3) is 0.471. The number of ether oxygens (including phenoxy) is 2. The molecule has 2 aromatic rings. The summed E-state index contributed by atoms with van der Waals surface area (Å²) in [6.45, 7) is 4.03. The molecule has 132 valence electrons. The van der Waals surface area contributed by atoms with Crippen molar-refractivity contribution < 1.29 is 18.7 Å². The molecule has 2 aliphatic heterocycles. The predicted octanol–water partition coefficient (Wildman–Crippen LogP) is 1.20. The van der Waals surface area contributed by atoms with Gasteiger partial charge in [0.2, 0.25) is 0 Å². The number of furan rings is 1. The van der Waals surface area contributed by atoms with Crippen LogP contribution in [0.15, 0.2) is 35.2 Å². The molecule has 8 heteroatoms. The van der Waals surface area contributed by atoms with Crippen LogP contribution in [0.3, 0.4) is 0 Å². The van der Waals surface area contributed by atoms with Gasteiger partial charge in [-0.25, -0.2) is 9.97 Å². The van der Waals surface area contributed by atoms with Gasteiger partial charge in [0.1, 0.15) is 6.10 Å². The van der Waals surface area contributed by atoms with Gasteiger partial charge in [0.15, 0.2) is 11.6 Å². The third kappa shape index (κ3) is 3.43. The van der Waals surface area contributed by atoms with Crippen LogP contribution >= 0.6 is 0 Å². The lowest BCUT2D eigenvalue weighted by atomic mass is 10.3. The fourth-order valence-electron chi connectivity index (χ4n) is 3.12. The minimum absolute atomic E-state index is 0.101. The molecule has 0 N–H and O–H groups in total. The normalized spacial score (nSPS) is 20.7. The average molecular weight is 344 g/mol. The Labute approximate surface area is 145 Å². The Balaban J connectivity index is 1.42. The van der Waals surface area contributed by atoms with Crippen molar-refractivity contribution in [2.75, 3.05) is 44.3 Å². The summed E-state index contributed by atoms with van der Waals surface area (Å²) in [6, 6.07) is 3.39. The fourth-order valence-corrected chi connectivity index (χ4v) is 3.12. The number of carbonyl (C=O) groups excluding carboxylic acids is 1. The van der Waals surface area contributed by atoms with E-state index in [4.69, 9.17) is 13.9 Å². The zero-order chi connectivity index (χ0) is 17.1. The molecule has 4 rings (SSSR count). The number of aromatic nitrogens is 2. The summed E-state index contributed by atoms with van der Waals surface area (Å²) in [5.41, 5.74) is 0. The van der Waals surface area contributed by atoms with Gasteiger partial charge in [-0.1, -0.05) is 0 Å². The highest BCUT2D eigenvalue weighted by molar-refractivity contribution is 5.91. The number of likely N-dealkylation sites (tertiary alicyclic amines) is 1. The lowest BCUT2D eigenvalue weighted by molar-refractivity contribution is 0.0739. The summed E-state index contributed by atoms with van der Waals surface area (Å²) in [6.07, 6.45) is 5.45. The third-order valence-electron chi connectivity index (χ3n) is 4.40. The second kappa shape index (κ2) is 7.10. The predicted molar refractivity (Wildman–Crippen MR) is 88.7 cm³/mol. The van der Waals surface area contributed by atoms with Crippen molar-refractivity contribution in [2.45, 2.75) is 12.5 Å². The largest absolute Gasteiger partial charge is 0.470 e. The van der Waals surface area contributed by atoms with E-state index in [0.29, 0.717) is 37.9 Å². The van der Waals surface area contributed by atoms with E-state index in [-0.39, 0.29) is 12.0 Å². The minimum Gasteiger partial charge on any atom is -0.470 e. The first kappa shape index (κ1) is 15.9. The van der Waals surface area contributed by atoms with Gasteiger partial charge in [-0.2, -0.15) is 0 Å². The summed E-state index contributed by atoms with van der Waals surface area (Å²) in [7, 11) is 0. The molecule has 0 aliphatic carbocycles. The molecule has 1 amide bonds. The second-order valence-corrected chi connectivity index (χ2v) is 6.04. The first-order valence-corrected chi connectivity index (χ1v) is 8.44. The Kier molecular flexibility index (Phi) is 4.51. The Hall–Kier alpha value is -2.61. The van der Waals surface area contributed by atoms with Gasteiger partial charge < -0.3 is 23.7 Å². The number of amides is 1. The lowest BCUT2D eigenvalue weighted by Crippen LogP contribution is -2.37. The number of hydrogen-bond acceptors (Lipinski definition) is 7. The van der Waals surface area contributed by atoms with E-state index < -0.39 is 0 Å². The Morgan fingerprint density at radius 3 is 2.84 bits per heavy atom. The Morgan fingerprint density at radius 1 is 1.20 bits per heavy atom. The molecular formula is C17H20N4O4. The van der Waals surface area contributed by atoms with Crippen LogP contribution in [0.1, 0.15) is 17.0 Å². The van der Waals surface area contributed by atoms with Crippen molar-refractivity contribution in [1.29, 1.82) is 0 Å². The third-order valence-corrected chi connectivity index (χ3v) is 4.40. The first-order valence-electron chi connectivity index (χ1n) is 8.44. The standard InChI is InChI=1S/C17H20N4O4/c22-17(14-2-1-9-24-14)21-6-3-13(12-21)25-16-15(18-4-5-19-16)20-7-10-23-11-8-20/h1-2,4-5,9,13H,3,6-8,10-12H2. The average Bonchev–Trinajstić information content (AvgIpc) is 3.35. The molecule has 2 aromatic heterocycles. The van der Waals surface area contributed by atoms with E-state index in [1.165, 1.54) is 6.26 Å². The number of anilines is 1. The first-order chi connectivity index (χ1) is 12.3. The Morgan fingerprint density at radius 2 is 2.04 bits per heavy atom. The molecule has 2 aliphatic rings. The quantitative estimate of drug-likeness (QED) is 0.824. The van der Waals surface area contributed by atoms with Gasteiger partial charge in [-0.3, -0.25) is 4.79 Å². The van der Waals surface area contributed by atoms with Crippen LogP contribution in [0, 0.1) is 0 Å². The lowest BCUT2D eigenvalue weighted by Gasteiger charge is -2.29. The van der Waals surface area contributed by atoms with Crippen molar-refractivity contribution in [2.24, 2.45) is 0 Å². The highest BCUT2D eigenvalue weighted by Crippen LogP contribution is 2.26. The molecule has 1 atom stereocenters. The second-order valence-electron chi connectivity index (χ2n) is 6.04. The summed E-state index contributed by atoms with van der Waals surface area (Å²) in [4.78, 5) is 25.0. The molecule has 1 unspecified atom stereocenters. The Bertz CT molecular complexity index is 715. The molecule has 2 fully saturated rings. The van der Waals surface area contributed by atoms with E-state index in [1.54, 1.807) is 29.4 Å². The summed E-state index contributed by atoms with van der Waals surface area (Å²) >= 11 is 0. The van der Waals surface area contributed by atoms with Crippen molar-refractivity contribution in [3.63, 3.8) is 0 Å². The topological polar surface area (TPSA) is 80.9 Å². The molecule has 2 saturated heterocycles. The van der Waals surface area contributed by atoms with Gasteiger partial charge in [-0.05, 0) is 12.1 Å². The van der Waals surface area contributed by atoms with Crippen LogP contribution in [0.25, 0.3) is 0 Å². The molecule has 8 nitrogen and oxygen atoms in total. The van der Waals surface area contributed by atoms with Gasteiger partial charge in [0.25, 0.3) is 11.8 Å². The monoisotopic (exact) mass is 344 g/mol. The molecule has 0 aromatic carbocycles. The van der Waals surface area contributed by atoms with Gasteiger partial charge in [-0.15, -0.1) is 0 Å². The molecule has 0 spiro atoms. The highest BCUT2D eigenvalue weighted by Gasteiger charge is 2.31. The highest BCUT2D eigenvalue weighted by atomic mass is 16.5. The van der Waals surface area contributed by atoms with Crippen molar-refractivity contribution in [3.05, 3.63) is 36.5 Å². The number of carbonyl (C=O) groups is 1. The van der Waals surface area contributed by atoms with E-state index in [1.807, 2.05) is 0 Å². The minimum atomic E-state index is -0.108. The van der Waals surface area contributed by atoms with Gasteiger partial charge in [0, 0.05) is 38.4 Å². The zero-order valence-corrected chi connectivity index (χ0v) is 13.8. The summed E-state index contributed by atoms with van der Waals surface area (Å²) in [5.74, 6) is 1.50. The van der Waals surface area contributed by atoms with Crippen LogP contribution in [-0.2, 0) is 4.74 Å². The maximum absolute atomic E-state index is 12.3. The number of hydrogen-bond donors (Lipinski definition) is 0. The van der Waals surface area contributed by atoms with E-state index in [9.17, 15) is 4.79 Å². The molecule has 25 heavy (non-hydrogen) atoms. The SMILES string of the molecule is O=C(c1ccco1)N1CCC(Oc2nccnc2N2CCOCC2)C1. The van der Waals surface area contributed by atoms with Gasteiger partial charge in [0.05, 0.1) is 26.0 Å². The summed E-state index contributed by atoms with van der Waals surface area (Å²) in [5, 5.41) is 0. The van der Waals surface area contributed by atoms with Crippen LogP contribution in [-0.4, -0.2) is 66.3 Å². The molecule has 0 saturated carbocycles. The summed E-state index contributed by atoms with van der Waals surface area (Å²) < 4.78 is 16.7. The number of morpholine rings is 1. The van der Waals surface area contributed by atoms with Crippen LogP contribution < -0.4 is 9.64 Å². The molecular weight excluding hydrogens is 324 g/mol. The van der Waals surface area contributed by atoms with Crippen LogP contribution in [0.2, 0.25) is 0 Å². The van der Waals surface area contributed by atoms with Crippen molar-refractivity contribution >= 4 is 11.7 Å². The van der Waals surface area contributed by atoms with Crippen LogP contribution in [0.5, 0.6) is 5.88 Å².